The van der Waals surface area contributed by atoms with E-state index >= 15 is 0 Å². The van der Waals surface area contributed by atoms with Gasteiger partial charge in [-0.05, 0) is 64.0 Å². The highest BCUT2D eigenvalue weighted by atomic mass is 16.2. The number of imide groups is 1. The summed E-state index contributed by atoms with van der Waals surface area (Å²) in [6.07, 6.45) is 0.925. The Balaban J connectivity index is 1.36. The number of amides is 2. The molecule has 0 aromatic heterocycles. The number of para-hydroxylation sites is 2. The minimum Gasteiger partial charge on any atom is -0.310 e. The van der Waals surface area contributed by atoms with Gasteiger partial charge in [0, 0.05) is 47.0 Å². The van der Waals surface area contributed by atoms with Crippen LogP contribution in [0.1, 0.15) is 31.8 Å². The van der Waals surface area contributed by atoms with Crippen LogP contribution in [-0.4, -0.2) is 23.8 Å². The van der Waals surface area contributed by atoms with Crippen LogP contribution in [0.2, 0.25) is 0 Å². The van der Waals surface area contributed by atoms with Crippen LogP contribution < -0.4 is 4.90 Å². The molecule has 0 atom stereocenters. The first-order chi connectivity index (χ1) is 17.6. The predicted molar refractivity (Wildman–Crippen MR) is 143 cm³/mol. The van der Waals surface area contributed by atoms with Crippen molar-refractivity contribution in [2.45, 2.75) is 6.42 Å². The van der Waals surface area contributed by atoms with Gasteiger partial charge in [-0.25, -0.2) is 0 Å². The van der Waals surface area contributed by atoms with Gasteiger partial charge in [0.05, 0.1) is 0 Å². The lowest BCUT2D eigenvalue weighted by Crippen LogP contribution is -2.36. The van der Waals surface area contributed by atoms with Crippen LogP contribution in [0, 0.1) is 0 Å². The zero-order valence-corrected chi connectivity index (χ0v) is 19.7. The van der Waals surface area contributed by atoms with Crippen LogP contribution in [-0.2, 0) is 6.42 Å². The molecule has 0 aliphatic carbocycles. The van der Waals surface area contributed by atoms with E-state index in [0.717, 1.165) is 34.0 Å². The molecule has 2 aliphatic heterocycles. The highest BCUT2D eigenvalue weighted by Crippen LogP contribution is 2.44. The predicted octanol–water partition coefficient (Wildman–Crippen LogP) is 7.11. The molecule has 2 aliphatic rings. The van der Waals surface area contributed by atoms with Gasteiger partial charge in [-0.2, -0.15) is 0 Å². The van der Waals surface area contributed by atoms with Crippen molar-refractivity contribution in [1.82, 2.24) is 4.90 Å². The second kappa shape index (κ2) is 7.65. The van der Waals surface area contributed by atoms with Gasteiger partial charge in [-0.3, -0.25) is 14.5 Å². The number of hydrogen-bond acceptors (Lipinski definition) is 3. The smallest absolute Gasteiger partial charge is 0.261 e. The third kappa shape index (κ3) is 2.88. The molecule has 0 fully saturated rings. The summed E-state index contributed by atoms with van der Waals surface area (Å²) in [6.45, 7) is 0. The second-order valence-corrected chi connectivity index (χ2v) is 9.37. The molecule has 4 heteroatoms. The fourth-order valence-corrected chi connectivity index (χ4v) is 5.63. The average molecular weight is 467 g/mol. The Morgan fingerprint density at radius 1 is 0.583 bits per heavy atom. The largest absolute Gasteiger partial charge is 0.310 e. The number of rotatable bonds is 2. The number of anilines is 3. The molecular formula is C32H22N2O2. The van der Waals surface area contributed by atoms with Gasteiger partial charge in [-0.1, -0.05) is 66.7 Å². The van der Waals surface area contributed by atoms with E-state index in [1.165, 1.54) is 34.4 Å². The molecule has 5 aromatic rings. The van der Waals surface area contributed by atoms with Crippen molar-refractivity contribution in [1.29, 1.82) is 0 Å². The Kier molecular flexibility index (Phi) is 4.39. The molecule has 2 amide bonds. The van der Waals surface area contributed by atoms with Gasteiger partial charge in [0.15, 0.2) is 0 Å². The molecule has 0 spiro atoms. The fraction of sp³-hybridized carbons (Fsp3) is 0.0625. The molecule has 0 saturated carbocycles. The van der Waals surface area contributed by atoms with Crippen LogP contribution in [0.15, 0.2) is 103 Å². The summed E-state index contributed by atoms with van der Waals surface area (Å²) in [5.74, 6) is -0.513. The maximum absolute atomic E-state index is 12.8. The van der Waals surface area contributed by atoms with Crippen molar-refractivity contribution >= 4 is 39.6 Å². The lowest BCUT2D eigenvalue weighted by molar-refractivity contribution is 0.0650. The lowest BCUT2D eigenvalue weighted by Gasteiger charge is -2.33. The summed E-state index contributed by atoms with van der Waals surface area (Å²) < 4.78 is 0. The van der Waals surface area contributed by atoms with Crippen molar-refractivity contribution in [3.63, 3.8) is 0 Å². The molecule has 4 nitrogen and oxygen atoms in total. The zero-order chi connectivity index (χ0) is 24.4. The first-order valence-electron chi connectivity index (χ1n) is 12.1. The topological polar surface area (TPSA) is 40.6 Å². The third-order valence-corrected chi connectivity index (χ3v) is 7.39. The molecule has 0 unspecified atom stereocenters. The van der Waals surface area contributed by atoms with Gasteiger partial charge in [0.1, 0.15) is 0 Å². The van der Waals surface area contributed by atoms with Crippen molar-refractivity contribution in [3.05, 3.63) is 125 Å². The first kappa shape index (κ1) is 20.7. The Bertz CT molecular complexity index is 1650. The number of carbonyl (C=O) groups is 2. The Morgan fingerprint density at radius 2 is 1.17 bits per heavy atom. The molecule has 0 bridgehead atoms. The molecule has 2 heterocycles. The molecule has 7 rings (SSSR count). The summed E-state index contributed by atoms with van der Waals surface area (Å²) in [5.41, 5.74) is 9.30. The summed E-state index contributed by atoms with van der Waals surface area (Å²) in [6, 6.07) is 35.2. The second-order valence-electron chi connectivity index (χ2n) is 9.37. The molecule has 5 aromatic carbocycles. The minimum atomic E-state index is -0.256. The maximum Gasteiger partial charge on any atom is 0.261 e. The zero-order valence-electron chi connectivity index (χ0n) is 19.7. The lowest BCUT2D eigenvalue weighted by atomic mass is 9.89. The van der Waals surface area contributed by atoms with E-state index in [9.17, 15) is 9.59 Å². The van der Waals surface area contributed by atoms with E-state index in [4.69, 9.17) is 0 Å². The van der Waals surface area contributed by atoms with Gasteiger partial charge >= 0.3 is 0 Å². The van der Waals surface area contributed by atoms with E-state index < -0.39 is 0 Å². The SMILES string of the molecule is CN1C(=O)c2cccc3c(-c4ccc(N5c6ccccc6Cc6ccccc65)cc4)ccc(c23)C1=O. The number of hydrogen-bond donors (Lipinski definition) is 0. The van der Waals surface area contributed by atoms with Crippen LogP contribution in [0.5, 0.6) is 0 Å². The highest BCUT2D eigenvalue weighted by Gasteiger charge is 2.31. The van der Waals surface area contributed by atoms with E-state index in [2.05, 4.69) is 77.7 Å². The van der Waals surface area contributed by atoms with Crippen LogP contribution in [0.4, 0.5) is 17.1 Å². The van der Waals surface area contributed by atoms with Crippen LogP contribution >= 0.6 is 0 Å². The van der Waals surface area contributed by atoms with Crippen molar-refractivity contribution in [2.24, 2.45) is 0 Å². The molecule has 36 heavy (non-hydrogen) atoms. The number of benzene rings is 5. The Morgan fingerprint density at radius 3 is 1.83 bits per heavy atom. The van der Waals surface area contributed by atoms with Crippen molar-refractivity contribution < 1.29 is 9.59 Å². The molecule has 172 valence electrons. The fourth-order valence-electron chi connectivity index (χ4n) is 5.63. The standard InChI is InChI=1S/C32H22N2O2/c1-33-31(35)26-10-6-9-25-24(17-18-27(30(25)26)32(33)36)20-13-15-23(16-14-20)34-28-11-4-2-7-21(28)19-22-8-3-5-12-29(22)34/h2-18H,19H2,1H3. The summed E-state index contributed by atoms with van der Waals surface area (Å²) in [4.78, 5) is 29.1. The quantitative estimate of drug-likeness (QED) is 0.255. The Labute approximate surface area is 209 Å². The summed E-state index contributed by atoms with van der Waals surface area (Å²) in [5, 5.41) is 1.66. The number of nitrogens with zero attached hydrogens (tertiary/aromatic N) is 2. The van der Waals surface area contributed by atoms with Gasteiger partial charge in [-0.15, -0.1) is 0 Å². The van der Waals surface area contributed by atoms with E-state index in [-0.39, 0.29) is 11.8 Å². The average Bonchev–Trinajstić information content (AvgIpc) is 2.93. The normalized spacial score (nSPS) is 14.1. The number of fused-ring (bicyclic) bond motifs is 2. The third-order valence-electron chi connectivity index (χ3n) is 7.39. The Hall–Kier alpha value is -4.70. The summed E-state index contributed by atoms with van der Waals surface area (Å²) >= 11 is 0. The molecule has 0 radical (unpaired) electrons. The van der Waals surface area contributed by atoms with Gasteiger partial charge < -0.3 is 4.90 Å². The summed E-state index contributed by atoms with van der Waals surface area (Å²) in [7, 11) is 1.54. The van der Waals surface area contributed by atoms with E-state index in [1.54, 1.807) is 6.07 Å². The van der Waals surface area contributed by atoms with Crippen LogP contribution in [0.25, 0.3) is 21.9 Å². The number of carbonyl (C=O) groups excluding carboxylic acids is 2. The van der Waals surface area contributed by atoms with Crippen molar-refractivity contribution in [3.8, 4) is 11.1 Å². The van der Waals surface area contributed by atoms with E-state index in [1.807, 2.05) is 24.3 Å². The van der Waals surface area contributed by atoms with Gasteiger partial charge in [0.25, 0.3) is 11.8 Å². The maximum atomic E-state index is 12.8. The van der Waals surface area contributed by atoms with Gasteiger partial charge in [0.2, 0.25) is 0 Å². The highest BCUT2D eigenvalue weighted by molar-refractivity contribution is 6.26. The minimum absolute atomic E-state index is 0.256. The monoisotopic (exact) mass is 466 g/mol. The van der Waals surface area contributed by atoms with Crippen LogP contribution in [0.3, 0.4) is 0 Å². The van der Waals surface area contributed by atoms with Crippen molar-refractivity contribution in [2.75, 3.05) is 11.9 Å². The molecule has 0 N–H and O–H groups in total. The molecular weight excluding hydrogens is 444 g/mol. The first-order valence-corrected chi connectivity index (χ1v) is 12.1. The molecule has 0 saturated heterocycles. The van der Waals surface area contributed by atoms with E-state index in [0.29, 0.717) is 11.1 Å².